The van der Waals surface area contributed by atoms with Gasteiger partial charge in [-0.3, -0.25) is 4.90 Å². The van der Waals surface area contributed by atoms with E-state index >= 15 is 0 Å². The third-order valence-corrected chi connectivity index (χ3v) is 3.76. The molecule has 0 aliphatic carbocycles. The van der Waals surface area contributed by atoms with Crippen LogP contribution in [0.2, 0.25) is 0 Å². The number of methoxy groups -OCH3 is 1. The molecule has 2 atom stereocenters. The molecule has 0 amide bonds. The maximum Gasteiger partial charge on any atom is 0.0692 e. The Morgan fingerprint density at radius 1 is 1.12 bits per heavy atom. The van der Waals surface area contributed by atoms with Crippen LogP contribution in [0.4, 0.5) is 0 Å². The maximum absolute atomic E-state index is 10.1. The highest BCUT2D eigenvalue weighted by molar-refractivity contribution is 4.75. The minimum Gasteiger partial charge on any atom is -0.392 e. The fraction of sp³-hybridized carbons (Fsp3) is 1.00. The van der Waals surface area contributed by atoms with Crippen LogP contribution in [-0.2, 0) is 4.74 Å². The molecule has 104 valence electrons. The van der Waals surface area contributed by atoms with E-state index in [1.54, 1.807) is 7.11 Å². The van der Waals surface area contributed by atoms with Crippen LogP contribution in [0.3, 0.4) is 0 Å². The normalized spacial score (nSPS) is 15.5. The summed E-state index contributed by atoms with van der Waals surface area (Å²) in [5.41, 5.74) is 0. The third kappa shape index (κ3) is 6.39. The molecule has 2 unspecified atom stereocenters. The number of ether oxygens (including phenoxy) is 1. The minimum absolute atomic E-state index is 0.225. The molecule has 0 aromatic carbocycles. The lowest BCUT2D eigenvalue weighted by molar-refractivity contribution is 0.0352. The van der Waals surface area contributed by atoms with Crippen LogP contribution in [0.25, 0.3) is 0 Å². The summed E-state index contributed by atoms with van der Waals surface area (Å²) in [7, 11) is 1.73. The average Bonchev–Trinajstić information content (AvgIpc) is 2.35. The second-order valence-electron chi connectivity index (χ2n) is 4.91. The molecule has 0 aliphatic rings. The number of aliphatic hydroxyl groups excluding tert-OH is 1. The summed E-state index contributed by atoms with van der Waals surface area (Å²) in [4.78, 5) is 2.38. The van der Waals surface area contributed by atoms with E-state index in [0.29, 0.717) is 12.0 Å². The number of aliphatic hydroxyl groups is 1. The van der Waals surface area contributed by atoms with Crippen molar-refractivity contribution in [1.82, 2.24) is 4.90 Å². The standard InChI is InChI=1S/C14H31NO2/c1-6-12(4)14(16)11-15(9-10-17-5)13(7-2)8-3/h12-14,16H,6-11H2,1-5H3. The van der Waals surface area contributed by atoms with Gasteiger partial charge in [-0.2, -0.15) is 0 Å². The van der Waals surface area contributed by atoms with E-state index in [-0.39, 0.29) is 6.10 Å². The van der Waals surface area contributed by atoms with Gasteiger partial charge in [0.1, 0.15) is 0 Å². The zero-order chi connectivity index (χ0) is 13.3. The molecular weight excluding hydrogens is 214 g/mol. The highest BCUT2D eigenvalue weighted by Gasteiger charge is 2.21. The van der Waals surface area contributed by atoms with E-state index in [9.17, 15) is 5.11 Å². The van der Waals surface area contributed by atoms with E-state index in [2.05, 4.69) is 32.6 Å². The number of hydrogen-bond acceptors (Lipinski definition) is 3. The summed E-state index contributed by atoms with van der Waals surface area (Å²) in [6.45, 7) is 11.1. The predicted octanol–water partition coefficient (Wildman–Crippen LogP) is 2.53. The van der Waals surface area contributed by atoms with Crippen LogP contribution in [0, 0.1) is 5.92 Å². The zero-order valence-corrected chi connectivity index (χ0v) is 12.3. The monoisotopic (exact) mass is 245 g/mol. The maximum atomic E-state index is 10.1. The first-order valence-electron chi connectivity index (χ1n) is 7.01. The Balaban J connectivity index is 4.35. The molecule has 0 saturated heterocycles. The summed E-state index contributed by atoms with van der Waals surface area (Å²) in [6, 6.07) is 0.559. The van der Waals surface area contributed by atoms with E-state index in [1.807, 2.05) is 0 Å². The molecule has 1 N–H and O–H groups in total. The lowest BCUT2D eigenvalue weighted by Gasteiger charge is -2.33. The largest absolute Gasteiger partial charge is 0.392 e. The first-order valence-corrected chi connectivity index (χ1v) is 7.01. The molecule has 0 heterocycles. The van der Waals surface area contributed by atoms with Crippen molar-refractivity contribution in [3.05, 3.63) is 0 Å². The van der Waals surface area contributed by atoms with Gasteiger partial charge in [0, 0.05) is 26.2 Å². The van der Waals surface area contributed by atoms with Crippen LogP contribution >= 0.6 is 0 Å². The van der Waals surface area contributed by atoms with Crippen LogP contribution in [0.5, 0.6) is 0 Å². The van der Waals surface area contributed by atoms with Crippen molar-refractivity contribution in [2.75, 3.05) is 26.8 Å². The fourth-order valence-electron chi connectivity index (χ4n) is 2.13. The summed E-state index contributed by atoms with van der Waals surface area (Å²) in [5.74, 6) is 0.370. The third-order valence-electron chi connectivity index (χ3n) is 3.76. The second kappa shape index (κ2) is 9.86. The molecule has 0 rings (SSSR count). The number of rotatable bonds is 10. The van der Waals surface area contributed by atoms with Gasteiger partial charge in [-0.1, -0.05) is 34.1 Å². The predicted molar refractivity (Wildman–Crippen MR) is 73.3 cm³/mol. The molecule has 0 aromatic rings. The fourth-order valence-corrected chi connectivity index (χ4v) is 2.13. The van der Waals surface area contributed by atoms with E-state index in [1.165, 1.54) is 0 Å². The molecule has 0 saturated carbocycles. The first kappa shape index (κ1) is 16.9. The van der Waals surface area contributed by atoms with Gasteiger partial charge < -0.3 is 9.84 Å². The Bertz CT molecular complexity index is 172. The summed E-state index contributed by atoms with van der Waals surface area (Å²) in [6.07, 6.45) is 3.07. The van der Waals surface area contributed by atoms with Gasteiger partial charge in [-0.25, -0.2) is 0 Å². The molecule has 0 radical (unpaired) electrons. The number of hydrogen-bond donors (Lipinski definition) is 1. The van der Waals surface area contributed by atoms with Gasteiger partial charge >= 0.3 is 0 Å². The molecule has 0 aliphatic heterocycles. The van der Waals surface area contributed by atoms with E-state index in [4.69, 9.17) is 4.74 Å². The Hall–Kier alpha value is -0.120. The van der Waals surface area contributed by atoms with Gasteiger partial charge in [-0.05, 0) is 18.8 Å². The van der Waals surface area contributed by atoms with Gasteiger partial charge in [0.15, 0.2) is 0 Å². The van der Waals surface area contributed by atoms with Crippen LogP contribution < -0.4 is 0 Å². The highest BCUT2D eigenvalue weighted by atomic mass is 16.5. The highest BCUT2D eigenvalue weighted by Crippen LogP contribution is 2.14. The molecular formula is C14H31NO2. The average molecular weight is 245 g/mol. The van der Waals surface area contributed by atoms with Crippen LogP contribution in [-0.4, -0.2) is 49.0 Å². The number of nitrogens with zero attached hydrogens (tertiary/aromatic N) is 1. The summed E-state index contributed by atoms with van der Waals surface area (Å²) in [5, 5.41) is 10.1. The zero-order valence-electron chi connectivity index (χ0n) is 12.3. The van der Waals surface area contributed by atoms with Crippen molar-refractivity contribution in [2.45, 2.75) is 59.1 Å². The van der Waals surface area contributed by atoms with Gasteiger partial charge in [-0.15, -0.1) is 0 Å². The Labute approximate surface area is 107 Å². The topological polar surface area (TPSA) is 32.7 Å². The molecule has 3 heteroatoms. The van der Waals surface area contributed by atoms with Gasteiger partial charge in [0.05, 0.1) is 12.7 Å². The molecule has 0 bridgehead atoms. The molecule has 3 nitrogen and oxygen atoms in total. The van der Waals surface area contributed by atoms with Crippen molar-refractivity contribution >= 4 is 0 Å². The van der Waals surface area contributed by atoms with Crippen molar-refractivity contribution < 1.29 is 9.84 Å². The Morgan fingerprint density at radius 3 is 2.12 bits per heavy atom. The van der Waals surface area contributed by atoms with Crippen molar-refractivity contribution in [2.24, 2.45) is 5.92 Å². The van der Waals surface area contributed by atoms with E-state index in [0.717, 1.165) is 39.0 Å². The molecule has 0 fully saturated rings. The van der Waals surface area contributed by atoms with Crippen LogP contribution in [0.1, 0.15) is 47.0 Å². The van der Waals surface area contributed by atoms with Crippen molar-refractivity contribution in [3.8, 4) is 0 Å². The van der Waals surface area contributed by atoms with Crippen molar-refractivity contribution in [3.63, 3.8) is 0 Å². The molecule has 0 spiro atoms. The van der Waals surface area contributed by atoms with Gasteiger partial charge in [0.25, 0.3) is 0 Å². The van der Waals surface area contributed by atoms with Gasteiger partial charge in [0.2, 0.25) is 0 Å². The molecule has 17 heavy (non-hydrogen) atoms. The first-order chi connectivity index (χ1) is 8.10. The summed E-state index contributed by atoms with van der Waals surface area (Å²) >= 11 is 0. The van der Waals surface area contributed by atoms with Crippen LogP contribution in [0.15, 0.2) is 0 Å². The quantitative estimate of drug-likeness (QED) is 0.642. The van der Waals surface area contributed by atoms with E-state index < -0.39 is 0 Å². The summed E-state index contributed by atoms with van der Waals surface area (Å²) < 4.78 is 5.16. The molecule has 0 aromatic heterocycles. The lowest BCUT2D eigenvalue weighted by atomic mass is 10.0. The SMILES string of the molecule is CCC(C)C(O)CN(CCOC)C(CC)CC. The Kier molecular flexibility index (Phi) is 9.79. The van der Waals surface area contributed by atoms with Crippen molar-refractivity contribution in [1.29, 1.82) is 0 Å². The second-order valence-corrected chi connectivity index (χ2v) is 4.91. The lowest BCUT2D eigenvalue weighted by Crippen LogP contribution is -2.43. The Morgan fingerprint density at radius 2 is 1.71 bits per heavy atom. The minimum atomic E-state index is -0.225. The smallest absolute Gasteiger partial charge is 0.0692 e.